The molecule has 2 fully saturated rings. The van der Waals surface area contributed by atoms with Crippen molar-refractivity contribution in [2.45, 2.75) is 55.6 Å². The number of cyclic esters (lactones) is 1. The molecule has 1 amide bonds. The van der Waals surface area contributed by atoms with Gasteiger partial charge >= 0.3 is 6.09 Å². The third-order valence-corrected chi connectivity index (χ3v) is 7.96. The van der Waals surface area contributed by atoms with E-state index in [1.54, 1.807) is 24.1 Å². The first-order valence-corrected chi connectivity index (χ1v) is 13.3. The molecule has 2 aliphatic heterocycles. The predicted octanol–water partition coefficient (Wildman–Crippen LogP) is 4.28. The van der Waals surface area contributed by atoms with Gasteiger partial charge in [-0.25, -0.2) is 9.18 Å². The number of ether oxygens (including phenoxy) is 1. The Morgan fingerprint density at radius 2 is 1.97 bits per heavy atom. The molecule has 2 heterocycles. The fraction of sp³-hybridized carbons (Fsp3) is 0.435. The first-order valence-electron chi connectivity index (χ1n) is 10.9. The minimum atomic E-state index is -4.36. The van der Waals surface area contributed by atoms with Gasteiger partial charge in [0.15, 0.2) is 0 Å². The van der Waals surface area contributed by atoms with Crippen LogP contribution >= 0.6 is 11.9 Å². The molecule has 0 saturated carbocycles. The summed E-state index contributed by atoms with van der Waals surface area (Å²) < 4.78 is 55.9. The number of hydrogen-bond donors (Lipinski definition) is 3. The fourth-order valence-electron chi connectivity index (χ4n) is 4.47. The van der Waals surface area contributed by atoms with Gasteiger partial charge in [-0.15, -0.1) is 0 Å². The molecule has 0 spiro atoms. The number of hydrogen-bond acceptors (Lipinski definition) is 6. The number of aryl methyl sites for hydroxylation is 1. The van der Waals surface area contributed by atoms with E-state index >= 15 is 0 Å². The number of nitrogens with one attached hydrogen (secondary N) is 2. The Bertz CT molecular complexity index is 1130. The van der Waals surface area contributed by atoms with Crippen molar-refractivity contribution >= 4 is 28.2 Å². The summed E-state index contributed by atoms with van der Waals surface area (Å²) in [4.78, 5) is 11.9. The lowest BCUT2D eigenvalue weighted by molar-refractivity contribution is 0.131. The van der Waals surface area contributed by atoms with E-state index in [2.05, 4.69) is 10.0 Å². The monoisotopic (exact) mass is 494 g/mol. The van der Waals surface area contributed by atoms with Gasteiger partial charge in [-0.3, -0.25) is 9.27 Å². The van der Waals surface area contributed by atoms with Crippen LogP contribution in [0.25, 0.3) is 0 Å². The quantitative estimate of drug-likeness (QED) is 0.421. The maximum absolute atomic E-state index is 14.6. The van der Waals surface area contributed by atoms with Gasteiger partial charge < -0.3 is 10.1 Å². The van der Waals surface area contributed by atoms with E-state index in [1.807, 2.05) is 13.0 Å². The van der Waals surface area contributed by atoms with Crippen LogP contribution in [0.2, 0.25) is 0 Å². The summed E-state index contributed by atoms with van der Waals surface area (Å²) >= 11 is 1.72. The summed E-state index contributed by atoms with van der Waals surface area (Å²) in [5.74, 6) is 0.865. The van der Waals surface area contributed by atoms with Crippen LogP contribution in [0.3, 0.4) is 0 Å². The standard InChI is InChI=1S/C23H27FN2O5S2/c1-14-4-5-20(33(28,29)30)12-16(14)13-21-22(26-23(27)31-21)18-9-17(10-19(24)11-18)15-3-2-8-32-25-7-6-15/h4-5,9-12,15,21-22,25H,2-3,6-8,13H2,1H3,(H,26,27)(H,28,29,30)/t15?,21-,22?/m1/s1. The van der Waals surface area contributed by atoms with Gasteiger partial charge in [-0.05, 0) is 78.6 Å². The molecule has 10 heteroatoms. The molecule has 0 aromatic heterocycles. The molecule has 0 bridgehead atoms. The van der Waals surface area contributed by atoms with Gasteiger partial charge in [-0.1, -0.05) is 24.1 Å². The first-order chi connectivity index (χ1) is 15.7. The zero-order valence-electron chi connectivity index (χ0n) is 18.2. The van der Waals surface area contributed by atoms with Gasteiger partial charge in [0, 0.05) is 18.7 Å². The van der Waals surface area contributed by atoms with Crippen LogP contribution in [-0.2, 0) is 21.3 Å². The molecular formula is C23H27FN2O5S2. The SMILES string of the molecule is Cc1ccc(S(=O)(=O)O)cc1C[C@H]1OC(=O)NC1c1cc(F)cc(C2CCCSNCC2)c1. The van der Waals surface area contributed by atoms with Crippen LogP contribution in [0.1, 0.15) is 53.5 Å². The van der Waals surface area contributed by atoms with Gasteiger partial charge in [-0.2, -0.15) is 8.42 Å². The molecule has 2 saturated heterocycles. The Kier molecular flexibility index (Phi) is 7.28. The third-order valence-electron chi connectivity index (χ3n) is 6.21. The number of alkyl carbamates (subject to hydrolysis) is 1. The molecule has 178 valence electrons. The molecule has 2 aromatic rings. The highest BCUT2D eigenvalue weighted by Gasteiger charge is 2.36. The minimum absolute atomic E-state index is 0.217. The largest absolute Gasteiger partial charge is 0.443 e. The average Bonchev–Trinajstić information content (AvgIpc) is 3.08. The molecule has 7 nitrogen and oxygen atoms in total. The second-order valence-electron chi connectivity index (χ2n) is 8.52. The summed E-state index contributed by atoms with van der Waals surface area (Å²) in [6.07, 6.45) is 1.85. The summed E-state index contributed by atoms with van der Waals surface area (Å²) in [5, 5.41) is 2.77. The molecule has 2 aromatic carbocycles. The van der Waals surface area contributed by atoms with E-state index in [-0.39, 0.29) is 23.1 Å². The van der Waals surface area contributed by atoms with E-state index in [0.29, 0.717) is 11.1 Å². The van der Waals surface area contributed by atoms with Crippen molar-refractivity contribution in [1.82, 2.24) is 10.0 Å². The Morgan fingerprint density at radius 1 is 1.18 bits per heavy atom. The third kappa shape index (κ3) is 5.87. The van der Waals surface area contributed by atoms with Crippen molar-refractivity contribution in [3.8, 4) is 0 Å². The molecule has 33 heavy (non-hydrogen) atoms. The van der Waals surface area contributed by atoms with Crippen molar-refractivity contribution < 1.29 is 26.9 Å². The number of benzene rings is 2. The number of carbonyl (C=O) groups is 1. The molecule has 0 radical (unpaired) electrons. The van der Waals surface area contributed by atoms with Crippen LogP contribution in [0.5, 0.6) is 0 Å². The smallest absolute Gasteiger partial charge is 0.408 e. The predicted molar refractivity (Wildman–Crippen MR) is 124 cm³/mol. The molecule has 3 atom stereocenters. The lowest BCUT2D eigenvalue weighted by Gasteiger charge is -2.23. The van der Waals surface area contributed by atoms with Crippen molar-refractivity contribution in [2.24, 2.45) is 0 Å². The summed E-state index contributed by atoms with van der Waals surface area (Å²) in [6, 6.07) is 8.64. The van der Waals surface area contributed by atoms with Crippen LogP contribution in [0, 0.1) is 12.7 Å². The summed E-state index contributed by atoms with van der Waals surface area (Å²) in [7, 11) is -4.36. The second kappa shape index (κ2) is 10.0. The van der Waals surface area contributed by atoms with E-state index in [4.69, 9.17) is 4.74 Å². The lowest BCUT2D eigenvalue weighted by Crippen LogP contribution is -2.25. The van der Waals surface area contributed by atoms with Crippen LogP contribution in [0.4, 0.5) is 9.18 Å². The topological polar surface area (TPSA) is 105 Å². The van der Waals surface area contributed by atoms with Crippen molar-refractivity contribution in [3.05, 3.63) is 64.5 Å². The van der Waals surface area contributed by atoms with E-state index in [9.17, 15) is 22.2 Å². The molecule has 3 N–H and O–H groups in total. The molecule has 2 unspecified atom stereocenters. The molecule has 0 aliphatic carbocycles. The average molecular weight is 495 g/mol. The lowest BCUT2D eigenvalue weighted by atomic mass is 9.87. The zero-order valence-corrected chi connectivity index (χ0v) is 19.8. The number of carbonyl (C=O) groups excluding carboxylic acids is 1. The van der Waals surface area contributed by atoms with Crippen LogP contribution < -0.4 is 10.0 Å². The minimum Gasteiger partial charge on any atom is -0.443 e. The highest BCUT2D eigenvalue weighted by Crippen LogP contribution is 2.34. The Hall–Kier alpha value is -2.14. The number of amides is 1. The Labute approximate surface area is 197 Å². The Morgan fingerprint density at radius 3 is 2.76 bits per heavy atom. The highest BCUT2D eigenvalue weighted by molar-refractivity contribution is 7.97. The summed E-state index contributed by atoms with van der Waals surface area (Å²) in [6.45, 7) is 2.65. The zero-order chi connectivity index (χ0) is 23.6. The van der Waals surface area contributed by atoms with Gasteiger partial charge in [0.2, 0.25) is 0 Å². The van der Waals surface area contributed by atoms with Gasteiger partial charge in [0.05, 0.1) is 10.9 Å². The number of halogens is 1. The van der Waals surface area contributed by atoms with Crippen molar-refractivity contribution in [2.75, 3.05) is 12.3 Å². The first kappa shape index (κ1) is 24.0. The molecule has 2 aliphatic rings. The van der Waals surface area contributed by atoms with E-state index in [0.717, 1.165) is 42.7 Å². The van der Waals surface area contributed by atoms with Gasteiger partial charge in [0.1, 0.15) is 11.9 Å². The van der Waals surface area contributed by atoms with Gasteiger partial charge in [0.25, 0.3) is 10.1 Å². The molecule has 4 rings (SSSR count). The second-order valence-corrected chi connectivity index (χ2v) is 10.9. The normalized spacial score (nSPS) is 24.0. The summed E-state index contributed by atoms with van der Waals surface area (Å²) in [5.41, 5.74) is 2.94. The van der Waals surface area contributed by atoms with E-state index in [1.165, 1.54) is 18.2 Å². The maximum Gasteiger partial charge on any atom is 0.408 e. The van der Waals surface area contributed by atoms with Crippen LogP contribution in [0.15, 0.2) is 41.3 Å². The maximum atomic E-state index is 14.6. The highest BCUT2D eigenvalue weighted by atomic mass is 32.2. The molecular weight excluding hydrogens is 467 g/mol. The number of rotatable bonds is 5. The Balaban J connectivity index is 1.62. The van der Waals surface area contributed by atoms with Crippen molar-refractivity contribution in [1.29, 1.82) is 0 Å². The van der Waals surface area contributed by atoms with Crippen LogP contribution in [-0.4, -0.2) is 37.5 Å². The van der Waals surface area contributed by atoms with E-state index < -0.39 is 28.4 Å². The van der Waals surface area contributed by atoms with Crippen molar-refractivity contribution in [3.63, 3.8) is 0 Å². The fourth-order valence-corrected chi connectivity index (χ4v) is 5.72.